The number of benzene rings is 1. The summed E-state index contributed by atoms with van der Waals surface area (Å²) in [6, 6.07) is 9.17. The number of hydrogen-bond acceptors (Lipinski definition) is 3. The Kier molecular flexibility index (Phi) is 5.85. The summed E-state index contributed by atoms with van der Waals surface area (Å²) in [4.78, 5) is 0. The zero-order valence-electron chi connectivity index (χ0n) is 11.0. The largest absolute Gasteiger partial charge is 0.534 e. The molecule has 0 heterocycles. The molecule has 0 radical (unpaired) electrons. The quantitative estimate of drug-likeness (QED) is 0.274. The van der Waals surface area contributed by atoms with E-state index < -0.39 is 21.4 Å². The molecular formula is C14H13F3O3S. The smallest absolute Gasteiger partial charge is 0.381 e. The topological polar surface area (TPSA) is 43.4 Å². The van der Waals surface area contributed by atoms with E-state index in [2.05, 4.69) is 22.6 Å². The molecule has 3 nitrogen and oxygen atoms in total. The van der Waals surface area contributed by atoms with E-state index in [0.29, 0.717) is 12.8 Å². The SMILES string of the molecule is C=C(CCCC#Cc1ccccc1)OS(=O)(=O)C(F)(F)F. The minimum atomic E-state index is -5.62. The van der Waals surface area contributed by atoms with Gasteiger partial charge in [0.25, 0.3) is 0 Å². The molecule has 0 aliphatic rings. The standard InChI is InChI=1S/C14H13F3O3S/c1-12(20-21(18,19)14(15,16)17)8-4-2-5-9-13-10-6-3-7-11-13/h3,6-7,10-11H,1-2,4,8H2. The molecule has 0 aliphatic heterocycles. The fourth-order valence-corrected chi connectivity index (χ4v) is 1.79. The summed E-state index contributed by atoms with van der Waals surface area (Å²) < 4.78 is 61.4. The number of hydrogen-bond donors (Lipinski definition) is 0. The van der Waals surface area contributed by atoms with Gasteiger partial charge in [-0.05, 0) is 18.6 Å². The van der Waals surface area contributed by atoms with Gasteiger partial charge in [-0.2, -0.15) is 21.6 Å². The maximum Gasteiger partial charge on any atom is 0.534 e. The van der Waals surface area contributed by atoms with Crippen LogP contribution in [0, 0.1) is 11.8 Å². The first-order chi connectivity index (χ1) is 9.72. The maximum atomic E-state index is 12.0. The third kappa shape index (κ3) is 5.92. The summed E-state index contributed by atoms with van der Waals surface area (Å²) >= 11 is 0. The van der Waals surface area contributed by atoms with Gasteiger partial charge >= 0.3 is 15.6 Å². The molecular weight excluding hydrogens is 305 g/mol. The van der Waals surface area contributed by atoms with Crippen LogP contribution in [0.4, 0.5) is 13.2 Å². The van der Waals surface area contributed by atoms with Crippen LogP contribution in [-0.4, -0.2) is 13.9 Å². The Balaban J connectivity index is 2.37. The zero-order chi connectivity index (χ0) is 15.9. The van der Waals surface area contributed by atoms with Crippen molar-refractivity contribution in [2.75, 3.05) is 0 Å². The van der Waals surface area contributed by atoms with Crippen molar-refractivity contribution in [3.8, 4) is 11.8 Å². The van der Waals surface area contributed by atoms with Gasteiger partial charge in [-0.3, -0.25) is 0 Å². The lowest BCUT2D eigenvalue weighted by Crippen LogP contribution is -2.25. The van der Waals surface area contributed by atoms with Gasteiger partial charge in [0.2, 0.25) is 0 Å². The van der Waals surface area contributed by atoms with Gasteiger partial charge in [-0.25, -0.2) is 0 Å². The monoisotopic (exact) mass is 318 g/mol. The van der Waals surface area contributed by atoms with Gasteiger partial charge in [-0.1, -0.05) is 36.6 Å². The van der Waals surface area contributed by atoms with Gasteiger partial charge in [0.15, 0.2) is 0 Å². The van der Waals surface area contributed by atoms with Gasteiger partial charge in [0, 0.05) is 18.4 Å². The minimum Gasteiger partial charge on any atom is -0.381 e. The second kappa shape index (κ2) is 7.18. The summed E-state index contributed by atoms with van der Waals surface area (Å²) in [5.74, 6) is 5.25. The number of unbranched alkanes of at least 4 members (excludes halogenated alkanes) is 1. The van der Waals surface area contributed by atoms with Crippen LogP contribution in [0.2, 0.25) is 0 Å². The predicted octanol–water partition coefficient (Wildman–Crippen LogP) is 3.59. The van der Waals surface area contributed by atoms with Crippen molar-refractivity contribution in [1.82, 2.24) is 0 Å². The van der Waals surface area contributed by atoms with Crippen LogP contribution in [-0.2, 0) is 14.3 Å². The lowest BCUT2D eigenvalue weighted by Gasteiger charge is -2.10. The minimum absolute atomic E-state index is 0.0151. The number of allylic oxidation sites excluding steroid dienone is 1. The number of alkyl halides is 3. The van der Waals surface area contributed by atoms with Crippen molar-refractivity contribution in [2.45, 2.75) is 24.8 Å². The molecule has 114 valence electrons. The average molecular weight is 318 g/mol. The zero-order valence-corrected chi connectivity index (χ0v) is 11.8. The van der Waals surface area contributed by atoms with Crippen molar-refractivity contribution in [2.24, 2.45) is 0 Å². The molecule has 0 spiro atoms. The maximum absolute atomic E-state index is 12.0. The van der Waals surface area contributed by atoms with Gasteiger partial charge in [-0.15, -0.1) is 0 Å². The van der Waals surface area contributed by atoms with Crippen molar-refractivity contribution in [3.63, 3.8) is 0 Å². The van der Waals surface area contributed by atoms with E-state index in [0.717, 1.165) is 5.56 Å². The van der Waals surface area contributed by atoms with E-state index in [1.165, 1.54) is 0 Å². The lowest BCUT2D eigenvalue weighted by atomic mass is 10.2. The van der Waals surface area contributed by atoms with Crippen LogP contribution in [0.25, 0.3) is 0 Å². The Hall–Kier alpha value is -1.94. The van der Waals surface area contributed by atoms with Crippen molar-refractivity contribution >= 4 is 10.1 Å². The molecule has 0 unspecified atom stereocenters. The third-order valence-electron chi connectivity index (χ3n) is 2.27. The van der Waals surface area contributed by atoms with Crippen LogP contribution in [0.15, 0.2) is 42.7 Å². The number of halogens is 3. The third-order valence-corrected chi connectivity index (χ3v) is 3.30. The Bertz CT molecular complexity index is 638. The highest BCUT2D eigenvalue weighted by molar-refractivity contribution is 7.87. The van der Waals surface area contributed by atoms with E-state index in [-0.39, 0.29) is 6.42 Å². The molecule has 0 fully saturated rings. The van der Waals surface area contributed by atoms with E-state index in [4.69, 9.17) is 0 Å². The average Bonchev–Trinajstić information content (AvgIpc) is 2.37. The van der Waals surface area contributed by atoms with Gasteiger partial charge < -0.3 is 4.18 Å². The highest BCUT2D eigenvalue weighted by Gasteiger charge is 2.48. The molecule has 0 aromatic heterocycles. The fraction of sp³-hybridized carbons (Fsp3) is 0.286. The second-order valence-corrected chi connectivity index (χ2v) is 5.58. The van der Waals surface area contributed by atoms with Crippen LogP contribution >= 0.6 is 0 Å². The van der Waals surface area contributed by atoms with E-state index in [1.807, 2.05) is 30.3 Å². The Morgan fingerprint density at radius 1 is 1.24 bits per heavy atom. The Morgan fingerprint density at radius 3 is 2.43 bits per heavy atom. The molecule has 1 rings (SSSR count). The molecule has 0 bridgehead atoms. The van der Waals surface area contributed by atoms with Crippen LogP contribution in [0.3, 0.4) is 0 Å². The molecule has 0 amide bonds. The Morgan fingerprint density at radius 2 is 1.86 bits per heavy atom. The van der Waals surface area contributed by atoms with E-state index >= 15 is 0 Å². The van der Waals surface area contributed by atoms with Gasteiger partial charge in [0.05, 0.1) is 0 Å². The van der Waals surface area contributed by atoms with Crippen molar-refractivity contribution in [3.05, 3.63) is 48.2 Å². The van der Waals surface area contributed by atoms with Gasteiger partial charge in [0.1, 0.15) is 5.76 Å². The van der Waals surface area contributed by atoms with Crippen molar-refractivity contribution in [1.29, 1.82) is 0 Å². The summed E-state index contributed by atoms with van der Waals surface area (Å²) in [6.07, 6.45) is 0.730. The number of rotatable bonds is 5. The first-order valence-electron chi connectivity index (χ1n) is 5.95. The summed E-state index contributed by atoms with van der Waals surface area (Å²) in [6.45, 7) is 3.16. The van der Waals surface area contributed by atoms with Crippen LogP contribution in [0.1, 0.15) is 24.8 Å². The molecule has 0 saturated heterocycles. The first-order valence-corrected chi connectivity index (χ1v) is 7.35. The van der Waals surface area contributed by atoms with E-state index in [9.17, 15) is 21.6 Å². The molecule has 1 aromatic carbocycles. The van der Waals surface area contributed by atoms with Crippen molar-refractivity contribution < 1.29 is 25.8 Å². The van der Waals surface area contributed by atoms with Crippen LogP contribution < -0.4 is 0 Å². The molecule has 0 aliphatic carbocycles. The molecule has 0 saturated carbocycles. The Labute approximate surface area is 121 Å². The molecule has 0 atom stereocenters. The predicted molar refractivity (Wildman–Crippen MR) is 72.4 cm³/mol. The van der Waals surface area contributed by atoms with Crippen LogP contribution in [0.5, 0.6) is 0 Å². The second-order valence-electron chi connectivity index (χ2n) is 4.04. The summed E-state index contributed by atoms with van der Waals surface area (Å²) in [7, 11) is -5.62. The normalized spacial score (nSPS) is 11.4. The highest BCUT2D eigenvalue weighted by Crippen LogP contribution is 2.27. The molecule has 0 N–H and O–H groups in total. The highest BCUT2D eigenvalue weighted by atomic mass is 32.2. The fourth-order valence-electron chi connectivity index (χ4n) is 1.30. The molecule has 7 heteroatoms. The molecule has 21 heavy (non-hydrogen) atoms. The molecule has 1 aromatic rings. The summed E-state index contributed by atoms with van der Waals surface area (Å²) in [5, 5.41) is 0. The lowest BCUT2D eigenvalue weighted by molar-refractivity contribution is -0.0523. The van der Waals surface area contributed by atoms with E-state index in [1.54, 1.807) is 0 Å². The first kappa shape index (κ1) is 17.1. The summed E-state index contributed by atoms with van der Waals surface area (Å²) in [5.41, 5.74) is -4.62.